The van der Waals surface area contributed by atoms with Crippen LogP contribution in [0.25, 0.3) is 0 Å². The molecule has 1 unspecified atom stereocenters. The van der Waals surface area contributed by atoms with E-state index in [0.29, 0.717) is 42.3 Å². The number of hydrogen-bond acceptors (Lipinski definition) is 6. The third-order valence-electron chi connectivity index (χ3n) is 5.21. The molecule has 0 spiro atoms. The Kier molecular flexibility index (Phi) is 6.51. The molecule has 0 aliphatic carbocycles. The Morgan fingerprint density at radius 1 is 1.28 bits per heavy atom. The Labute approximate surface area is 189 Å². The molecule has 164 valence electrons. The molecule has 7 nitrogen and oxygen atoms in total. The lowest BCUT2D eigenvalue weighted by molar-refractivity contribution is -0.129. The Hall–Kier alpha value is -3.65. The third-order valence-corrected chi connectivity index (χ3v) is 6.08. The average Bonchev–Trinajstić information content (AvgIpc) is 3.56. The molecule has 1 aromatic carbocycles. The van der Waals surface area contributed by atoms with Crippen molar-refractivity contribution in [3.63, 3.8) is 0 Å². The molecule has 8 heteroatoms. The van der Waals surface area contributed by atoms with Crippen molar-refractivity contribution in [2.24, 2.45) is 0 Å². The molecule has 1 atom stereocenters. The predicted octanol–water partition coefficient (Wildman–Crippen LogP) is 4.18. The number of ketones is 1. The van der Waals surface area contributed by atoms with Crippen molar-refractivity contribution >= 4 is 23.0 Å². The molecule has 4 rings (SSSR count). The number of imidazole rings is 1. The number of aromatic nitrogens is 2. The molecule has 0 radical (unpaired) electrons. The molecule has 0 fully saturated rings. The monoisotopic (exact) mass is 449 g/mol. The van der Waals surface area contributed by atoms with Crippen molar-refractivity contribution in [3.8, 4) is 5.75 Å². The van der Waals surface area contributed by atoms with Gasteiger partial charge in [0, 0.05) is 25.5 Å². The maximum Gasteiger partial charge on any atom is 0.290 e. The molecule has 0 bridgehead atoms. The average molecular weight is 450 g/mol. The molecule has 1 amide bonds. The second-order valence-corrected chi connectivity index (χ2v) is 8.24. The van der Waals surface area contributed by atoms with Crippen LogP contribution >= 0.6 is 11.3 Å². The SMILES string of the molecule is C=CCOc1cccc(C2C(C(=O)c3cccs3)=C(O)C(=O)N2CCCn2ccnc2)c1. The summed E-state index contributed by atoms with van der Waals surface area (Å²) in [5, 5.41) is 12.5. The van der Waals surface area contributed by atoms with Crippen LogP contribution in [-0.2, 0) is 11.3 Å². The number of nitrogens with zero attached hydrogens (tertiary/aromatic N) is 3. The Bertz CT molecular complexity index is 1140. The first-order valence-electron chi connectivity index (χ1n) is 10.2. The van der Waals surface area contributed by atoms with Crippen LogP contribution in [0.3, 0.4) is 0 Å². The van der Waals surface area contributed by atoms with Gasteiger partial charge in [-0.2, -0.15) is 0 Å². The van der Waals surface area contributed by atoms with Gasteiger partial charge in [-0.3, -0.25) is 9.59 Å². The summed E-state index contributed by atoms with van der Waals surface area (Å²) < 4.78 is 7.57. The summed E-state index contributed by atoms with van der Waals surface area (Å²) in [6, 6.07) is 10.0. The highest BCUT2D eigenvalue weighted by Gasteiger charge is 2.43. The van der Waals surface area contributed by atoms with Crippen molar-refractivity contribution in [3.05, 3.63) is 94.9 Å². The van der Waals surface area contributed by atoms with Crippen molar-refractivity contribution < 1.29 is 19.4 Å². The third kappa shape index (κ3) is 4.36. The van der Waals surface area contributed by atoms with Gasteiger partial charge in [0.2, 0.25) is 5.78 Å². The van der Waals surface area contributed by atoms with Crippen LogP contribution < -0.4 is 4.74 Å². The van der Waals surface area contributed by atoms with Crippen LogP contribution in [0.4, 0.5) is 0 Å². The van der Waals surface area contributed by atoms with Crippen LogP contribution in [0.15, 0.2) is 84.5 Å². The van der Waals surface area contributed by atoms with E-state index < -0.39 is 17.7 Å². The Balaban J connectivity index is 1.67. The smallest absolute Gasteiger partial charge is 0.290 e. The van der Waals surface area contributed by atoms with Gasteiger partial charge in [-0.1, -0.05) is 30.9 Å². The maximum atomic E-state index is 13.3. The highest BCUT2D eigenvalue weighted by Crippen LogP contribution is 2.40. The first-order valence-corrected chi connectivity index (χ1v) is 11.1. The lowest BCUT2D eigenvalue weighted by atomic mass is 9.95. The number of hydrogen-bond donors (Lipinski definition) is 1. The maximum absolute atomic E-state index is 13.3. The van der Waals surface area contributed by atoms with E-state index in [2.05, 4.69) is 11.6 Å². The first kappa shape index (κ1) is 21.6. The van der Waals surface area contributed by atoms with Gasteiger partial charge in [0.25, 0.3) is 5.91 Å². The Morgan fingerprint density at radius 2 is 2.16 bits per heavy atom. The summed E-state index contributed by atoms with van der Waals surface area (Å²) >= 11 is 1.28. The molecular formula is C24H23N3O4S. The largest absolute Gasteiger partial charge is 0.503 e. The number of Topliss-reactive ketones (excluding diaryl/α,β-unsaturated/α-hetero) is 1. The van der Waals surface area contributed by atoms with Gasteiger partial charge in [0.15, 0.2) is 5.76 Å². The molecule has 3 aromatic rings. The van der Waals surface area contributed by atoms with E-state index in [9.17, 15) is 14.7 Å². The number of rotatable bonds is 10. The van der Waals surface area contributed by atoms with E-state index in [1.807, 2.05) is 22.9 Å². The Morgan fingerprint density at radius 3 is 2.88 bits per heavy atom. The van der Waals surface area contributed by atoms with Crippen LogP contribution in [0, 0.1) is 0 Å². The fourth-order valence-corrected chi connectivity index (χ4v) is 4.45. The van der Waals surface area contributed by atoms with E-state index >= 15 is 0 Å². The summed E-state index contributed by atoms with van der Waals surface area (Å²) in [6.45, 7) is 5.02. The zero-order valence-corrected chi connectivity index (χ0v) is 18.2. The fraction of sp³-hybridized carbons (Fsp3) is 0.208. The highest BCUT2D eigenvalue weighted by atomic mass is 32.1. The zero-order chi connectivity index (χ0) is 22.5. The molecule has 3 heterocycles. The zero-order valence-electron chi connectivity index (χ0n) is 17.4. The number of aliphatic hydroxyl groups is 1. The van der Waals surface area contributed by atoms with Crippen LogP contribution in [0.1, 0.15) is 27.7 Å². The van der Waals surface area contributed by atoms with E-state index in [1.54, 1.807) is 53.1 Å². The fourth-order valence-electron chi connectivity index (χ4n) is 3.78. The van der Waals surface area contributed by atoms with Crippen LogP contribution in [0.5, 0.6) is 5.75 Å². The topological polar surface area (TPSA) is 84.7 Å². The summed E-state index contributed by atoms with van der Waals surface area (Å²) in [5.74, 6) is -0.778. The van der Waals surface area contributed by atoms with Gasteiger partial charge in [0.05, 0.1) is 22.8 Å². The minimum atomic E-state index is -0.702. The number of aryl methyl sites for hydroxylation is 1. The van der Waals surface area contributed by atoms with E-state index in [-0.39, 0.29) is 11.4 Å². The number of benzene rings is 1. The summed E-state index contributed by atoms with van der Waals surface area (Å²) in [4.78, 5) is 32.4. The van der Waals surface area contributed by atoms with E-state index in [1.165, 1.54) is 11.3 Å². The van der Waals surface area contributed by atoms with Crippen LogP contribution in [0.2, 0.25) is 0 Å². The second kappa shape index (κ2) is 9.65. The molecule has 0 saturated heterocycles. The number of ether oxygens (including phenoxy) is 1. The van der Waals surface area contributed by atoms with Gasteiger partial charge in [-0.05, 0) is 35.6 Å². The van der Waals surface area contributed by atoms with Gasteiger partial charge < -0.3 is 19.3 Å². The van der Waals surface area contributed by atoms with Gasteiger partial charge in [-0.15, -0.1) is 11.3 Å². The number of aliphatic hydroxyl groups excluding tert-OH is 1. The molecule has 2 aromatic heterocycles. The van der Waals surface area contributed by atoms with Crippen molar-refractivity contribution in [2.45, 2.75) is 19.0 Å². The molecule has 1 aliphatic rings. The normalized spacial score (nSPS) is 15.9. The van der Waals surface area contributed by atoms with Crippen molar-refractivity contribution in [1.82, 2.24) is 14.5 Å². The summed E-state index contributed by atoms with van der Waals surface area (Å²) in [7, 11) is 0. The lowest BCUT2D eigenvalue weighted by Gasteiger charge is -2.27. The molecule has 1 aliphatic heterocycles. The van der Waals surface area contributed by atoms with E-state index in [0.717, 1.165) is 0 Å². The minimum Gasteiger partial charge on any atom is -0.503 e. The number of thiophene rings is 1. The quantitative estimate of drug-likeness (QED) is 0.371. The molecule has 1 N–H and O–H groups in total. The second-order valence-electron chi connectivity index (χ2n) is 7.30. The predicted molar refractivity (Wildman–Crippen MR) is 122 cm³/mol. The van der Waals surface area contributed by atoms with E-state index in [4.69, 9.17) is 4.74 Å². The van der Waals surface area contributed by atoms with Gasteiger partial charge >= 0.3 is 0 Å². The summed E-state index contributed by atoms with van der Waals surface area (Å²) in [5.41, 5.74) is 0.799. The summed E-state index contributed by atoms with van der Waals surface area (Å²) in [6.07, 6.45) is 7.55. The minimum absolute atomic E-state index is 0.0981. The van der Waals surface area contributed by atoms with Crippen molar-refractivity contribution in [1.29, 1.82) is 0 Å². The standard InChI is InChI=1S/C24H23N3O4S/c1-2-13-31-18-7-3-6-17(15-18)21-20(22(28)19-8-4-14-32-19)23(29)24(30)27(21)11-5-10-26-12-9-25-16-26/h2-4,6-9,12,14-16,21,29H,1,5,10-11,13H2. The number of amides is 1. The molecule has 32 heavy (non-hydrogen) atoms. The lowest BCUT2D eigenvalue weighted by Crippen LogP contribution is -2.32. The first-order chi connectivity index (χ1) is 15.6. The number of carbonyl (C=O) groups excluding carboxylic acids is 2. The molecule has 0 saturated carbocycles. The number of carbonyl (C=O) groups is 2. The highest BCUT2D eigenvalue weighted by molar-refractivity contribution is 7.12. The van der Waals surface area contributed by atoms with Crippen molar-refractivity contribution in [2.75, 3.05) is 13.2 Å². The molecular weight excluding hydrogens is 426 g/mol. The van der Waals surface area contributed by atoms with Gasteiger partial charge in [0.1, 0.15) is 12.4 Å². The van der Waals surface area contributed by atoms with Gasteiger partial charge in [-0.25, -0.2) is 4.98 Å². The van der Waals surface area contributed by atoms with Crippen LogP contribution in [-0.4, -0.2) is 44.4 Å².